The predicted octanol–water partition coefficient (Wildman–Crippen LogP) is 7.41. The molecular weight excluding hydrogens is 448 g/mol. The van der Waals surface area contributed by atoms with Gasteiger partial charge in [0.2, 0.25) is 6.29 Å². The molecule has 0 radical (unpaired) electrons. The van der Waals surface area contributed by atoms with Crippen molar-refractivity contribution < 1.29 is 14.2 Å². The minimum atomic E-state index is -0.542. The van der Waals surface area contributed by atoms with Crippen LogP contribution in [0.15, 0.2) is 112 Å². The molecule has 0 saturated carbocycles. The Bertz CT molecular complexity index is 1200. The van der Waals surface area contributed by atoms with E-state index < -0.39 is 10.9 Å². The third-order valence-electron chi connectivity index (χ3n) is 5.79. The Hall–Kier alpha value is -2.86. The van der Waals surface area contributed by atoms with E-state index in [0.29, 0.717) is 0 Å². The van der Waals surface area contributed by atoms with Crippen molar-refractivity contribution in [1.82, 2.24) is 0 Å². The highest BCUT2D eigenvalue weighted by Gasteiger charge is 2.26. The second-order valence-electron chi connectivity index (χ2n) is 7.93. The van der Waals surface area contributed by atoms with Gasteiger partial charge in [0, 0.05) is 15.5 Å². The van der Waals surface area contributed by atoms with Crippen LogP contribution in [0.4, 0.5) is 0 Å². The number of thiol groups is 1. The Balaban J connectivity index is 1.18. The van der Waals surface area contributed by atoms with E-state index in [2.05, 4.69) is 72.8 Å². The second kappa shape index (κ2) is 9.18. The molecule has 0 bridgehead atoms. The first-order valence-corrected chi connectivity index (χ1v) is 13.6. The minimum absolute atomic E-state index is 0.171. The van der Waals surface area contributed by atoms with Crippen molar-refractivity contribution in [3.05, 3.63) is 97.1 Å². The second-order valence-corrected chi connectivity index (χ2v) is 11.2. The highest BCUT2D eigenvalue weighted by molar-refractivity contribution is 8.17. The van der Waals surface area contributed by atoms with Crippen LogP contribution in [0.3, 0.4) is 0 Å². The average molecular weight is 473 g/mol. The fourth-order valence-electron chi connectivity index (χ4n) is 4.27. The summed E-state index contributed by atoms with van der Waals surface area (Å²) in [5, 5.41) is 0. The zero-order chi connectivity index (χ0) is 22.0. The third-order valence-corrected chi connectivity index (χ3v) is 9.31. The summed E-state index contributed by atoms with van der Waals surface area (Å²) >= 11 is 1.86. The van der Waals surface area contributed by atoms with E-state index in [-0.39, 0.29) is 6.29 Å². The number of rotatable bonds is 5. The number of hydrogen-bond donors (Lipinski definition) is 1. The Labute approximate surface area is 201 Å². The van der Waals surface area contributed by atoms with Gasteiger partial charge in [0.1, 0.15) is 17.2 Å². The van der Waals surface area contributed by atoms with E-state index in [1.54, 1.807) is 0 Å². The van der Waals surface area contributed by atoms with Crippen LogP contribution in [0.5, 0.6) is 17.2 Å². The van der Waals surface area contributed by atoms with Crippen molar-refractivity contribution in [3.8, 4) is 28.4 Å². The molecular formula is C28H24O3S2. The lowest BCUT2D eigenvalue weighted by Crippen LogP contribution is -2.28. The fraction of sp³-hybridized carbons (Fsp3) is 0.143. The molecule has 6 rings (SSSR count). The molecule has 166 valence electrons. The summed E-state index contributed by atoms with van der Waals surface area (Å²) in [7, 11) is -0.542. The summed E-state index contributed by atoms with van der Waals surface area (Å²) in [5.74, 6) is 4.31. The minimum Gasteiger partial charge on any atom is -0.464 e. The molecule has 2 aliphatic heterocycles. The molecule has 1 atom stereocenters. The first-order valence-electron chi connectivity index (χ1n) is 11.1. The topological polar surface area (TPSA) is 27.7 Å². The maximum atomic E-state index is 6.10. The van der Waals surface area contributed by atoms with Crippen LogP contribution >= 0.6 is 22.7 Å². The smallest absolute Gasteiger partial charge is 0.208 e. The van der Waals surface area contributed by atoms with Crippen molar-refractivity contribution in [3.63, 3.8) is 0 Å². The van der Waals surface area contributed by atoms with Crippen LogP contribution in [0.1, 0.15) is 0 Å². The Kier molecular flexibility index (Phi) is 5.76. The largest absolute Gasteiger partial charge is 0.464 e. The predicted molar refractivity (Wildman–Crippen MR) is 136 cm³/mol. The van der Waals surface area contributed by atoms with E-state index in [1.807, 2.05) is 36.0 Å². The van der Waals surface area contributed by atoms with Gasteiger partial charge in [-0.25, -0.2) is 0 Å². The van der Waals surface area contributed by atoms with Gasteiger partial charge in [-0.05, 0) is 76.7 Å². The molecule has 1 saturated heterocycles. The first kappa shape index (κ1) is 20.7. The third kappa shape index (κ3) is 4.24. The zero-order valence-corrected chi connectivity index (χ0v) is 19.7. The fourth-order valence-corrected chi connectivity index (χ4v) is 7.61. The lowest BCUT2D eigenvalue weighted by molar-refractivity contribution is -0.0611. The Morgan fingerprint density at radius 2 is 1.27 bits per heavy atom. The van der Waals surface area contributed by atoms with Crippen LogP contribution in [0, 0.1) is 0 Å². The lowest BCUT2D eigenvalue weighted by Gasteiger charge is -2.23. The molecule has 1 unspecified atom stereocenters. The van der Waals surface area contributed by atoms with E-state index in [9.17, 15) is 0 Å². The summed E-state index contributed by atoms with van der Waals surface area (Å²) in [4.78, 5) is 4.19. The molecule has 4 aromatic rings. The summed E-state index contributed by atoms with van der Waals surface area (Å²) in [6.45, 7) is 0.742. The summed E-state index contributed by atoms with van der Waals surface area (Å²) in [5.41, 5.74) is 2.72. The number of thioether (sulfide) groups is 1. The summed E-state index contributed by atoms with van der Waals surface area (Å²) in [6.07, 6.45) is -0.171. The maximum absolute atomic E-state index is 6.10. The molecule has 0 amide bonds. The van der Waals surface area contributed by atoms with Crippen LogP contribution in [0.25, 0.3) is 11.1 Å². The molecule has 2 heterocycles. The monoisotopic (exact) mass is 472 g/mol. The molecule has 0 aliphatic carbocycles. The molecule has 2 aliphatic rings. The van der Waals surface area contributed by atoms with Crippen molar-refractivity contribution in [2.75, 3.05) is 18.1 Å². The van der Waals surface area contributed by atoms with Gasteiger partial charge >= 0.3 is 0 Å². The van der Waals surface area contributed by atoms with Crippen LogP contribution in [-0.4, -0.2) is 24.4 Å². The Morgan fingerprint density at radius 1 is 0.697 bits per heavy atom. The average Bonchev–Trinajstić information content (AvgIpc) is 3.21. The summed E-state index contributed by atoms with van der Waals surface area (Å²) in [6, 6.07) is 33.8. The van der Waals surface area contributed by atoms with Gasteiger partial charge in [0.25, 0.3) is 0 Å². The van der Waals surface area contributed by atoms with Crippen LogP contribution in [0.2, 0.25) is 0 Å². The van der Waals surface area contributed by atoms with Gasteiger partial charge in [0.15, 0.2) is 0 Å². The van der Waals surface area contributed by atoms with Crippen LogP contribution < -0.4 is 9.47 Å². The van der Waals surface area contributed by atoms with Gasteiger partial charge in [-0.3, -0.25) is 0 Å². The van der Waals surface area contributed by atoms with E-state index in [1.165, 1.54) is 25.8 Å². The molecule has 0 N–H and O–H groups in total. The standard InChI is InChI=1S/C28H24O3S2/c1-3-7-26-24(5-1)25-6-2-4-8-27(25)33(26)23-15-13-21(14-16-23)30-20-9-11-22(12-10-20)31-28-19-32-18-17-29-28/h1-16,28,33H,17-19H2. The molecule has 0 aromatic heterocycles. The van der Waals surface area contributed by atoms with Crippen molar-refractivity contribution in [2.45, 2.75) is 21.0 Å². The summed E-state index contributed by atoms with van der Waals surface area (Å²) < 4.78 is 17.6. The van der Waals surface area contributed by atoms with E-state index >= 15 is 0 Å². The van der Waals surface area contributed by atoms with Gasteiger partial charge < -0.3 is 14.2 Å². The molecule has 5 heteroatoms. The number of ether oxygens (including phenoxy) is 3. The number of hydrogen-bond acceptors (Lipinski definition) is 4. The van der Waals surface area contributed by atoms with Crippen molar-refractivity contribution in [1.29, 1.82) is 0 Å². The highest BCUT2D eigenvalue weighted by Crippen LogP contribution is 2.62. The van der Waals surface area contributed by atoms with Crippen molar-refractivity contribution >= 4 is 22.7 Å². The molecule has 1 fully saturated rings. The molecule has 33 heavy (non-hydrogen) atoms. The first-order chi connectivity index (χ1) is 16.3. The number of benzene rings is 4. The molecule has 4 aromatic carbocycles. The van der Waals surface area contributed by atoms with Gasteiger partial charge in [-0.15, -0.1) is 0 Å². The molecule has 3 nitrogen and oxygen atoms in total. The normalized spacial score (nSPS) is 17.8. The van der Waals surface area contributed by atoms with Crippen molar-refractivity contribution in [2.24, 2.45) is 0 Å². The van der Waals surface area contributed by atoms with E-state index in [4.69, 9.17) is 14.2 Å². The lowest BCUT2D eigenvalue weighted by atomic mass is 10.1. The van der Waals surface area contributed by atoms with Gasteiger partial charge in [-0.1, -0.05) is 36.4 Å². The number of fused-ring (bicyclic) bond motifs is 3. The quantitative estimate of drug-likeness (QED) is 0.270. The van der Waals surface area contributed by atoms with E-state index in [0.717, 1.165) is 35.4 Å². The maximum Gasteiger partial charge on any atom is 0.208 e. The Morgan fingerprint density at radius 3 is 1.88 bits per heavy atom. The SMILES string of the molecule is c1ccc2c(c1)-c1ccccc1[SH]2c1ccc(Oc2ccc(OC3CSCCO3)cc2)cc1. The highest BCUT2D eigenvalue weighted by atomic mass is 32.2. The zero-order valence-electron chi connectivity index (χ0n) is 18.0. The van der Waals surface area contributed by atoms with Crippen LogP contribution in [-0.2, 0) is 4.74 Å². The molecule has 0 spiro atoms. The van der Waals surface area contributed by atoms with Gasteiger partial charge in [0.05, 0.1) is 12.4 Å². The van der Waals surface area contributed by atoms with Gasteiger partial charge in [-0.2, -0.15) is 22.7 Å².